The van der Waals surface area contributed by atoms with Crippen LogP contribution in [0.1, 0.15) is 24.3 Å². The molecular weight excluding hydrogens is 391 g/mol. The second-order valence-electron chi connectivity index (χ2n) is 5.47. The van der Waals surface area contributed by atoms with Crippen LogP contribution in [-0.2, 0) is 10.0 Å². The molecular formula is C16H18F3NO4S2. The summed E-state index contributed by atoms with van der Waals surface area (Å²) in [7, 11) is -3.85. The van der Waals surface area contributed by atoms with Gasteiger partial charge >= 0.3 is 6.36 Å². The van der Waals surface area contributed by atoms with Crippen molar-refractivity contribution in [1.29, 1.82) is 0 Å². The van der Waals surface area contributed by atoms with E-state index in [2.05, 4.69) is 9.46 Å². The summed E-state index contributed by atoms with van der Waals surface area (Å²) in [6, 6.07) is 5.92. The number of alkyl halides is 3. The molecule has 0 aliphatic rings. The standard InChI is InChI=1S/C16H18F3NO4S2/c17-16(18,19)24-14-1-3-15(4-2-14)26(22,23)20-8-5-12(6-9-21)13-7-10-25-11-13/h1-4,7,10-12,20-21H,5-6,8-9H2. The summed E-state index contributed by atoms with van der Waals surface area (Å²) in [5.74, 6) is -0.464. The molecule has 0 fully saturated rings. The summed E-state index contributed by atoms with van der Waals surface area (Å²) in [6.45, 7) is 0.136. The number of ether oxygens (including phenoxy) is 1. The van der Waals surface area contributed by atoms with Crippen molar-refractivity contribution in [1.82, 2.24) is 4.72 Å². The Hall–Kier alpha value is -1.62. The van der Waals surface area contributed by atoms with Crippen molar-refractivity contribution in [3.05, 3.63) is 46.7 Å². The lowest BCUT2D eigenvalue weighted by atomic mass is 9.95. The first-order valence-electron chi connectivity index (χ1n) is 7.70. The third-order valence-corrected chi connectivity index (χ3v) is 5.82. The molecule has 1 atom stereocenters. The SMILES string of the molecule is O=S(=O)(NCCC(CCO)c1ccsc1)c1ccc(OC(F)(F)F)cc1. The number of rotatable bonds is 9. The van der Waals surface area contributed by atoms with Crippen molar-refractivity contribution in [2.75, 3.05) is 13.2 Å². The second-order valence-corrected chi connectivity index (χ2v) is 8.02. The highest BCUT2D eigenvalue weighted by molar-refractivity contribution is 7.89. The molecule has 2 N–H and O–H groups in total. The summed E-state index contributed by atoms with van der Waals surface area (Å²) in [6.07, 6.45) is -3.82. The van der Waals surface area contributed by atoms with E-state index in [4.69, 9.17) is 5.11 Å². The van der Waals surface area contributed by atoms with Crippen molar-refractivity contribution >= 4 is 21.4 Å². The number of sulfonamides is 1. The fourth-order valence-corrected chi connectivity index (χ4v) is 4.20. The van der Waals surface area contributed by atoms with Crippen molar-refractivity contribution in [3.8, 4) is 5.75 Å². The van der Waals surface area contributed by atoms with Crippen LogP contribution in [0.3, 0.4) is 0 Å². The molecule has 26 heavy (non-hydrogen) atoms. The maximum Gasteiger partial charge on any atom is 0.573 e. The van der Waals surface area contributed by atoms with Gasteiger partial charge in [0.1, 0.15) is 5.75 Å². The zero-order valence-corrected chi connectivity index (χ0v) is 15.2. The van der Waals surface area contributed by atoms with E-state index >= 15 is 0 Å². The first kappa shape index (κ1) is 20.7. The number of thiophene rings is 1. The van der Waals surface area contributed by atoms with E-state index in [0.717, 1.165) is 29.8 Å². The van der Waals surface area contributed by atoms with Crippen LogP contribution in [-0.4, -0.2) is 33.0 Å². The third kappa shape index (κ3) is 6.27. The van der Waals surface area contributed by atoms with Crippen LogP contribution in [0.15, 0.2) is 46.0 Å². The Morgan fingerprint density at radius 3 is 2.38 bits per heavy atom. The van der Waals surface area contributed by atoms with Gasteiger partial charge in [0, 0.05) is 13.2 Å². The maximum atomic E-state index is 12.2. The fourth-order valence-electron chi connectivity index (χ4n) is 2.41. The first-order valence-corrected chi connectivity index (χ1v) is 10.1. The second kappa shape index (κ2) is 8.85. The number of halogens is 3. The molecule has 0 aliphatic heterocycles. The molecule has 0 saturated carbocycles. The highest BCUT2D eigenvalue weighted by Crippen LogP contribution is 2.26. The molecule has 10 heteroatoms. The fraction of sp³-hybridized carbons (Fsp3) is 0.375. The van der Waals surface area contributed by atoms with Crippen molar-refractivity contribution in [2.45, 2.75) is 30.0 Å². The van der Waals surface area contributed by atoms with Crippen LogP contribution in [0.25, 0.3) is 0 Å². The number of hydrogen-bond acceptors (Lipinski definition) is 5. The van der Waals surface area contributed by atoms with Gasteiger partial charge in [0.25, 0.3) is 0 Å². The van der Waals surface area contributed by atoms with Crippen LogP contribution in [0.2, 0.25) is 0 Å². The summed E-state index contributed by atoms with van der Waals surface area (Å²) in [4.78, 5) is -0.152. The summed E-state index contributed by atoms with van der Waals surface area (Å²) >= 11 is 1.52. The summed E-state index contributed by atoms with van der Waals surface area (Å²) < 4.78 is 67.0. The molecule has 1 unspecified atom stereocenters. The molecule has 1 heterocycles. The molecule has 2 aromatic rings. The van der Waals surface area contributed by atoms with Crippen molar-refractivity contribution < 1.29 is 31.4 Å². The minimum Gasteiger partial charge on any atom is -0.406 e. The normalized spacial score (nSPS) is 13.5. The van der Waals surface area contributed by atoms with Crippen LogP contribution in [0.4, 0.5) is 13.2 Å². The lowest BCUT2D eigenvalue weighted by molar-refractivity contribution is -0.274. The Bertz CT molecular complexity index is 775. The van der Waals surface area contributed by atoms with E-state index in [1.165, 1.54) is 11.3 Å². The molecule has 0 saturated heterocycles. The number of nitrogens with one attached hydrogen (secondary N) is 1. The quantitative estimate of drug-likeness (QED) is 0.665. The Kier molecular flexibility index (Phi) is 7.04. The largest absolute Gasteiger partial charge is 0.573 e. The molecule has 2 rings (SSSR count). The van der Waals surface area contributed by atoms with E-state index in [-0.39, 0.29) is 24.0 Å². The highest BCUT2D eigenvalue weighted by atomic mass is 32.2. The van der Waals surface area contributed by atoms with Crippen LogP contribution < -0.4 is 9.46 Å². The van der Waals surface area contributed by atoms with E-state index in [1.54, 1.807) is 0 Å². The molecule has 0 radical (unpaired) electrons. The van der Waals surface area contributed by atoms with Gasteiger partial charge in [-0.3, -0.25) is 0 Å². The number of benzene rings is 1. The van der Waals surface area contributed by atoms with Crippen molar-refractivity contribution in [3.63, 3.8) is 0 Å². The summed E-state index contributed by atoms with van der Waals surface area (Å²) in [5, 5.41) is 13.0. The Labute approximate surface area is 153 Å². The Morgan fingerprint density at radius 2 is 1.85 bits per heavy atom. The molecule has 1 aromatic heterocycles. The predicted octanol–water partition coefficient (Wildman–Crippen LogP) is 3.48. The molecule has 144 valence electrons. The van der Waals surface area contributed by atoms with Gasteiger partial charge in [0.05, 0.1) is 4.90 Å². The minimum atomic E-state index is -4.83. The third-order valence-electron chi connectivity index (χ3n) is 3.64. The Balaban J connectivity index is 1.95. The number of aliphatic hydroxyl groups excluding tert-OH is 1. The van der Waals surface area contributed by atoms with E-state index in [1.807, 2.05) is 16.8 Å². The van der Waals surface area contributed by atoms with Gasteiger partial charge in [0.15, 0.2) is 0 Å². The zero-order chi connectivity index (χ0) is 19.2. The van der Waals surface area contributed by atoms with E-state index in [0.29, 0.717) is 12.8 Å². The first-order chi connectivity index (χ1) is 12.2. The van der Waals surface area contributed by atoms with E-state index in [9.17, 15) is 21.6 Å². The highest BCUT2D eigenvalue weighted by Gasteiger charge is 2.31. The van der Waals surface area contributed by atoms with E-state index < -0.39 is 22.1 Å². The van der Waals surface area contributed by atoms with Gasteiger partial charge in [-0.25, -0.2) is 13.1 Å². The van der Waals surface area contributed by atoms with Gasteiger partial charge in [0.2, 0.25) is 10.0 Å². The lowest BCUT2D eigenvalue weighted by Crippen LogP contribution is -2.26. The van der Waals surface area contributed by atoms with Crippen LogP contribution in [0, 0.1) is 0 Å². The monoisotopic (exact) mass is 409 g/mol. The minimum absolute atomic E-state index is 0.00602. The molecule has 5 nitrogen and oxygen atoms in total. The smallest absolute Gasteiger partial charge is 0.406 e. The number of aliphatic hydroxyl groups is 1. The number of hydrogen-bond donors (Lipinski definition) is 2. The molecule has 0 spiro atoms. The van der Waals surface area contributed by atoms with Gasteiger partial charge < -0.3 is 9.84 Å². The molecule has 0 amide bonds. The predicted molar refractivity (Wildman–Crippen MR) is 91.7 cm³/mol. The van der Waals surface area contributed by atoms with Gasteiger partial charge in [-0.05, 0) is 65.4 Å². The van der Waals surface area contributed by atoms with Crippen LogP contribution >= 0.6 is 11.3 Å². The average Bonchev–Trinajstić information content (AvgIpc) is 3.07. The lowest BCUT2D eigenvalue weighted by Gasteiger charge is -2.15. The zero-order valence-electron chi connectivity index (χ0n) is 13.6. The van der Waals surface area contributed by atoms with Gasteiger partial charge in [-0.2, -0.15) is 11.3 Å². The molecule has 0 aliphatic carbocycles. The molecule has 1 aromatic carbocycles. The maximum absolute atomic E-state index is 12.2. The van der Waals surface area contributed by atoms with Crippen LogP contribution in [0.5, 0.6) is 5.75 Å². The average molecular weight is 409 g/mol. The summed E-state index contributed by atoms with van der Waals surface area (Å²) in [5.41, 5.74) is 1.04. The van der Waals surface area contributed by atoms with Gasteiger partial charge in [-0.15, -0.1) is 13.2 Å². The Morgan fingerprint density at radius 1 is 1.15 bits per heavy atom. The van der Waals surface area contributed by atoms with Gasteiger partial charge in [-0.1, -0.05) is 0 Å². The van der Waals surface area contributed by atoms with Crippen molar-refractivity contribution in [2.24, 2.45) is 0 Å². The topological polar surface area (TPSA) is 75.6 Å². The molecule has 0 bridgehead atoms.